The van der Waals surface area contributed by atoms with Crippen LogP contribution in [0.4, 0.5) is 24.5 Å². The van der Waals surface area contributed by atoms with Gasteiger partial charge in [-0.1, -0.05) is 12.1 Å². The Bertz CT molecular complexity index is 1020. The van der Waals surface area contributed by atoms with E-state index in [4.69, 9.17) is 0 Å². The van der Waals surface area contributed by atoms with Crippen LogP contribution in [0.3, 0.4) is 0 Å². The zero-order chi connectivity index (χ0) is 20.5. The van der Waals surface area contributed by atoms with Crippen LogP contribution in [0.25, 0.3) is 0 Å². The highest BCUT2D eigenvalue weighted by molar-refractivity contribution is 7.92. The maximum Gasteiger partial charge on any atom is 0.501 e. The maximum atomic E-state index is 12.6. The van der Waals surface area contributed by atoms with Gasteiger partial charge in [0.1, 0.15) is 0 Å². The van der Waals surface area contributed by atoms with Gasteiger partial charge in [-0.2, -0.15) is 13.2 Å². The van der Waals surface area contributed by atoms with E-state index < -0.39 is 26.1 Å². The van der Waals surface area contributed by atoms with Crippen molar-refractivity contribution in [2.24, 2.45) is 0 Å². The highest BCUT2D eigenvalue weighted by Gasteiger charge is 2.46. The molecule has 10 heteroatoms. The van der Waals surface area contributed by atoms with Crippen LogP contribution in [0, 0.1) is 0 Å². The van der Waals surface area contributed by atoms with Crippen LogP contribution in [0.5, 0.6) is 0 Å². The molecule has 0 aromatic heterocycles. The fraction of sp³-hybridized carbons (Fsp3) is 0.222. The topological polar surface area (TPSA) is 83.6 Å². The molecule has 0 saturated carbocycles. The Morgan fingerprint density at radius 1 is 1.04 bits per heavy atom. The predicted octanol–water partition coefficient (Wildman–Crippen LogP) is 3.36. The predicted molar refractivity (Wildman–Crippen MR) is 95.7 cm³/mol. The first-order chi connectivity index (χ1) is 13.1. The van der Waals surface area contributed by atoms with Crippen molar-refractivity contribution in [2.45, 2.75) is 23.2 Å². The highest BCUT2D eigenvalue weighted by atomic mass is 32.2. The van der Waals surface area contributed by atoms with Crippen molar-refractivity contribution in [3.63, 3.8) is 0 Å². The summed E-state index contributed by atoms with van der Waals surface area (Å²) in [6.45, 7) is 0.524. The Morgan fingerprint density at radius 2 is 1.68 bits per heavy atom. The number of hydrogen-bond acceptors (Lipinski definition) is 4. The minimum atomic E-state index is -5.48. The number of nitrogens with zero attached hydrogens (tertiary/aromatic N) is 1. The van der Waals surface area contributed by atoms with Gasteiger partial charge in [-0.05, 0) is 42.8 Å². The molecular weight excluding hydrogens is 397 g/mol. The van der Waals surface area contributed by atoms with Crippen molar-refractivity contribution in [3.05, 3.63) is 54.1 Å². The summed E-state index contributed by atoms with van der Waals surface area (Å²) >= 11 is 0. The monoisotopic (exact) mass is 412 g/mol. The number of carbonyl (C=O) groups excluding carboxylic acids is 2. The number of hydrogen-bond donors (Lipinski definition) is 1. The van der Waals surface area contributed by atoms with E-state index in [1.165, 1.54) is 0 Å². The van der Waals surface area contributed by atoms with E-state index in [9.17, 15) is 31.2 Å². The number of para-hydroxylation sites is 2. The minimum Gasteiger partial charge on any atom is -0.320 e. The van der Waals surface area contributed by atoms with Crippen LogP contribution >= 0.6 is 0 Å². The number of nitrogens with one attached hydrogen (secondary N) is 1. The Balaban J connectivity index is 1.82. The molecule has 28 heavy (non-hydrogen) atoms. The molecule has 1 aliphatic heterocycles. The SMILES string of the molecule is O=C(Nc1ccccc1N1CCCC1=O)c1ccc(S(=O)(=O)C(F)(F)F)cc1. The van der Waals surface area contributed by atoms with Crippen molar-refractivity contribution in [1.29, 1.82) is 0 Å². The Labute approximate surface area is 158 Å². The molecule has 1 heterocycles. The summed E-state index contributed by atoms with van der Waals surface area (Å²) in [6.07, 6.45) is 1.12. The first-order valence-electron chi connectivity index (χ1n) is 8.23. The third-order valence-electron chi connectivity index (χ3n) is 4.25. The Morgan fingerprint density at radius 3 is 2.25 bits per heavy atom. The molecule has 2 aromatic carbocycles. The highest BCUT2D eigenvalue weighted by Crippen LogP contribution is 2.31. The third kappa shape index (κ3) is 3.72. The summed E-state index contributed by atoms with van der Waals surface area (Å²) in [5.41, 5.74) is -4.55. The molecule has 6 nitrogen and oxygen atoms in total. The number of alkyl halides is 3. The molecule has 1 saturated heterocycles. The van der Waals surface area contributed by atoms with Gasteiger partial charge in [-0.3, -0.25) is 9.59 Å². The standard InChI is InChI=1S/C18H15F3N2O4S/c19-18(20,21)28(26,27)13-9-7-12(8-10-13)17(25)22-14-4-1-2-5-15(14)23-11-3-6-16(23)24/h1-2,4-5,7-10H,3,6,11H2,(H,22,25). The number of benzene rings is 2. The van der Waals surface area contributed by atoms with Gasteiger partial charge >= 0.3 is 5.51 Å². The van der Waals surface area contributed by atoms with Crippen molar-refractivity contribution in [2.75, 3.05) is 16.8 Å². The molecule has 148 valence electrons. The lowest BCUT2D eigenvalue weighted by molar-refractivity contribution is -0.117. The molecule has 0 spiro atoms. The minimum absolute atomic E-state index is 0.0244. The smallest absolute Gasteiger partial charge is 0.320 e. The summed E-state index contributed by atoms with van der Waals surface area (Å²) in [5, 5.41) is 2.61. The van der Waals surface area contributed by atoms with Crippen LogP contribution in [-0.2, 0) is 14.6 Å². The lowest BCUT2D eigenvalue weighted by atomic mass is 10.2. The van der Waals surface area contributed by atoms with Crippen LogP contribution in [0.1, 0.15) is 23.2 Å². The number of anilines is 2. The van der Waals surface area contributed by atoms with Crippen molar-refractivity contribution >= 4 is 33.0 Å². The molecule has 0 atom stereocenters. The van der Waals surface area contributed by atoms with Crippen molar-refractivity contribution in [1.82, 2.24) is 0 Å². The first-order valence-corrected chi connectivity index (χ1v) is 9.72. The molecule has 0 unspecified atom stereocenters. The van der Waals surface area contributed by atoms with Crippen LogP contribution in [0.2, 0.25) is 0 Å². The molecule has 1 fully saturated rings. The van der Waals surface area contributed by atoms with E-state index in [0.717, 1.165) is 24.3 Å². The average molecular weight is 412 g/mol. The molecule has 2 amide bonds. The molecule has 2 aromatic rings. The summed E-state index contributed by atoms with van der Waals surface area (Å²) < 4.78 is 60.5. The zero-order valence-corrected chi connectivity index (χ0v) is 15.2. The Kier molecular flexibility index (Phi) is 5.16. The van der Waals surface area contributed by atoms with Gasteiger partial charge in [0.15, 0.2) is 0 Å². The Hall–Kier alpha value is -2.88. The summed E-state index contributed by atoms with van der Waals surface area (Å²) in [6, 6.07) is 10.1. The summed E-state index contributed by atoms with van der Waals surface area (Å²) in [5.74, 6) is -0.710. The average Bonchev–Trinajstić information content (AvgIpc) is 3.07. The van der Waals surface area contributed by atoms with Crippen LogP contribution < -0.4 is 10.2 Å². The maximum absolute atomic E-state index is 12.6. The van der Waals surface area contributed by atoms with Crippen LogP contribution in [-0.4, -0.2) is 32.3 Å². The fourth-order valence-electron chi connectivity index (χ4n) is 2.83. The van der Waals surface area contributed by atoms with E-state index in [2.05, 4.69) is 5.32 Å². The second kappa shape index (κ2) is 7.27. The normalized spacial score (nSPS) is 15.0. The van der Waals surface area contributed by atoms with Gasteiger partial charge < -0.3 is 10.2 Å². The van der Waals surface area contributed by atoms with Crippen LogP contribution in [0.15, 0.2) is 53.4 Å². The molecule has 1 N–H and O–H groups in total. The van der Waals surface area contributed by atoms with E-state index >= 15 is 0 Å². The van der Waals surface area contributed by atoms with E-state index in [0.29, 0.717) is 30.8 Å². The lowest BCUT2D eigenvalue weighted by Gasteiger charge is -2.20. The number of carbonyl (C=O) groups is 2. The summed E-state index contributed by atoms with van der Waals surface area (Å²) in [7, 11) is -5.48. The molecule has 1 aliphatic rings. The number of sulfone groups is 1. The molecule has 0 bridgehead atoms. The van der Waals surface area contributed by atoms with Crippen molar-refractivity contribution in [3.8, 4) is 0 Å². The van der Waals surface area contributed by atoms with Gasteiger partial charge in [0.25, 0.3) is 15.7 Å². The quantitative estimate of drug-likeness (QED) is 0.835. The van der Waals surface area contributed by atoms with Gasteiger partial charge in [0.05, 0.1) is 16.3 Å². The number of halogens is 3. The lowest BCUT2D eigenvalue weighted by Crippen LogP contribution is -2.25. The summed E-state index contributed by atoms with van der Waals surface area (Å²) in [4.78, 5) is 25.0. The first kappa shape index (κ1) is 19.9. The van der Waals surface area contributed by atoms with E-state index in [1.807, 2.05) is 0 Å². The number of amides is 2. The van der Waals surface area contributed by atoms with Gasteiger partial charge in [0, 0.05) is 18.5 Å². The second-order valence-electron chi connectivity index (χ2n) is 6.09. The van der Waals surface area contributed by atoms with Gasteiger partial charge in [-0.25, -0.2) is 8.42 Å². The zero-order valence-electron chi connectivity index (χ0n) is 14.4. The molecular formula is C18H15F3N2O4S. The van der Waals surface area contributed by atoms with E-state index in [-0.39, 0.29) is 11.5 Å². The molecule has 0 aliphatic carbocycles. The molecule has 3 rings (SSSR count). The third-order valence-corrected chi connectivity index (χ3v) is 5.75. The van der Waals surface area contributed by atoms with Crippen molar-refractivity contribution < 1.29 is 31.2 Å². The van der Waals surface area contributed by atoms with Gasteiger partial charge in [0.2, 0.25) is 5.91 Å². The second-order valence-corrected chi connectivity index (χ2v) is 8.03. The number of rotatable bonds is 4. The largest absolute Gasteiger partial charge is 0.501 e. The van der Waals surface area contributed by atoms with Gasteiger partial charge in [-0.15, -0.1) is 0 Å². The fourth-order valence-corrected chi connectivity index (χ4v) is 3.59. The van der Waals surface area contributed by atoms with E-state index in [1.54, 1.807) is 29.2 Å². The molecule has 0 radical (unpaired) electrons.